The zero-order chi connectivity index (χ0) is 12.3. The maximum absolute atomic E-state index is 11.8. The Morgan fingerprint density at radius 3 is 2.59 bits per heavy atom. The van der Waals surface area contributed by atoms with E-state index in [2.05, 4.69) is 10.3 Å². The molecule has 0 aliphatic rings. The van der Waals surface area contributed by atoms with Gasteiger partial charge in [0, 0.05) is 10.4 Å². The summed E-state index contributed by atoms with van der Waals surface area (Å²) in [4.78, 5) is 17.3. The van der Waals surface area contributed by atoms with E-state index in [0.717, 1.165) is 15.6 Å². The van der Waals surface area contributed by atoms with E-state index in [1.54, 1.807) is 23.5 Å². The highest BCUT2D eigenvalue weighted by atomic mass is 32.1. The van der Waals surface area contributed by atoms with Crippen molar-refractivity contribution in [2.45, 2.75) is 20.4 Å². The van der Waals surface area contributed by atoms with E-state index in [-0.39, 0.29) is 5.91 Å². The summed E-state index contributed by atoms with van der Waals surface area (Å²) in [5, 5.41) is 3.93. The summed E-state index contributed by atoms with van der Waals surface area (Å²) in [6.45, 7) is 4.48. The molecule has 0 atom stereocenters. The number of nitrogens with zero attached hydrogens (tertiary/aromatic N) is 1. The number of carbonyl (C=O) groups is 1. The van der Waals surface area contributed by atoms with Gasteiger partial charge in [-0.3, -0.25) is 4.79 Å². The average Bonchev–Trinajstić information content (AvgIpc) is 2.66. The molecule has 1 heterocycles. The molecule has 1 aromatic carbocycles. The third kappa shape index (κ3) is 2.91. The number of hydrogen-bond acceptors (Lipinski definition) is 3. The molecule has 0 saturated heterocycles. The van der Waals surface area contributed by atoms with Crippen LogP contribution in [0.15, 0.2) is 30.3 Å². The average molecular weight is 246 g/mol. The van der Waals surface area contributed by atoms with Crippen LogP contribution in [0.5, 0.6) is 0 Å². The molecular weight excluding hydrogens is 232 g/mol. The van der Waals surface area contributed by atoms with Crippen LogP contribution in [-0.4, -0.2) is 10.9 Å². The molecular formula is C13H14N2OS. The van der Waals surface area contributed by atoms with Crippen LogP contribution < -0.4 is 5.32 Å². The Hall–Kier alpha value is -1.68. The van der Waals surface area contributed by atoms with E-state index < -0.39 is 0 Å². The van der Waals surface area contributed by atoms with Crippen LogP contribution in [0.2, 0.25) is 0 Å². The Balaban J connectivity index is 1.99. The zero-order valence-electron chi connectivity index (χ0n) is 9.86. The van der Waals surface area contributed by atoms with Gasteiger partial charge in [0.25, 0.3) is 5.91 Å². The van der Waals surface area contributed by atoms with Crippen LogP contribution in [-0.2, 0) is 6.54 Å². The maximum atomic E-state index is 11.8. The van der Waals surface area contributed by atoms with Crippen molar-refractivity contribution in [2.75, 3.05) is 0 Å². The quantitative estimate of drug-likeness (QED) is 0.904. The van der Waals surface area contributed by atoms with Gasteiger partial charge in [-0.05, 0) is 26.0 Å². The van der Waals surface area contributed by atoms with Gasteiger partial charge in [-0.2, -0.15) is 0 Å². The molecule has 2 rings (SSSR count). The van der Waals surface area contributed by atoms with Crippen LogP contribution in [0.25, 0.3) is 0 Å². The third-order valence-electron chi connectivity index (χ3n) is 2.45. The SMILES string of the molecule is Cc1nc(C)c(CNC(=O)c2ccccc2)s1. The summed E-state index contributed by atoms with van der Waals surface area (Å²) < 4.78 is 0. The first-order valence-electron chi connectivity index (χ1n) is 5.43. The maximum Gasteiger partial charge on any atom is 0.251 e. The minimum atomic E-state index is -0.0453. The summed E-state index contributed by atoms with van der Waals surface area (Å²) in [6, 6.07) is 9.22. The van der Waals surface area contributed by atoms with E-state index in [4.69, 9.17) is 0 Å². The second-order valence-electron chi connectivity index (χ2n) is 3.79. The number of carbonyl (C=O) groups excluding carboxylic acids is 1. The van der Waals surface area contributed by atoms with Crippen LogP contribution in [0.3, 0.4) is 0 Å². The van der Waals surface area contributed by atoms with Crippen molar-refractivity contribution in [3.8, 4) is 0 Å². The molecule has 1 N–H and O–H groups in total. The van der Waals surface area contributed by atoms with E-state index >= 15 is 0 Å². The number of thiazole rings is 1. The normalized spacial score (nSPS) is 10.2. The van der Waals surface area contributed by atoms with Crippen molar-refractivity contribution in [3.05, 3.63) is 51.5 Å². The fourth-order valence-corrected chi connectivity index (χ4v) is 2.47. The van der Waals surface area contributed by atoms with Crippen molar-refractivity contribution < 1.29 is 4.79 Å². The molecule has 1 aromatic heterocycles. The number of aryl methyl sites for hydroxylation is 2. The smallest absolute Gasteiger partial charge is 0.251 e. The van der Waals surface area contributed by atoms with Crippen molar-refractivity contribution in [1.82, 2.24) is 10.3 Å². The standard InChI is InChI=1S/C13H14N2OS/c1-9-12(17-10(2)15-9)8-14-13(16)11-6-4-3-5-7-11/h3-7H,8H2,1-2H3,(H,14,16). The van der Waals surface area contributed by atoms with Gasteiger partial charge in [-0.25, -0.2) is 4.98 Å². The summed E-state index contributed by atoms with van der Waals surface area (Å²) in [5.74, 6) is -0.0453. The van der Waals surface area contributed by atoms with Crippen molar-refractivity contribution in [3.63, 3.8) is 0 Å². The van der Waals surface area contributed by atoms with E-state index in [1.165, 1.54) is 0 Å². The number of hydrogen-bond donors (Lipinski definition) is 1. The van der Waals surface area contributed by atoms with E-state index in [9.17, 15) is 4.79 Å². The number of aromatic nitrogens is 1. The minimum Gasteiger partial charge on any atom is -0.347 e. The molecule has 0 aliphatic carbocycles. The minimum absolute atomic E-state index is 0.0453. The first kappa shape index (κ1) is 11.8. The number of rotatable bonds is 3. The summed E-state index contributed by atoms with van der Waals surface area (Å²) in [5.41, 5.74) is 1.69. The topological polar surface area (TPSA) is 42.0 Å². The van der Waals surface area contributed by atoms with Gasteiger partial charge in [-0.1, -0.05) is 18.2 Å². The van der Waals surface area contributed by atoms with Crippen molar-refractivity contribution in [1.29, 1.82) is 0 Å². The molecule has 4 heteroatoms. The Labute approximate surface area is 105 Å². The molecule has 0 saturated carbocycles. The predicted molar refractivity (Wildman–Crippen MR) is 69.2 cm³/mol. The molecule has 2 aromatic rings. The van der Waals surface area contributed by atoms with Crippen LogP contribution in [0, 0.1) is 13.8 Å². The molecule has 0 aliphatic heterocycles. The fourth-order valence-electron chi connectivity index (χ4n) is 1.59. The van der Waals surface area contributed by atoms with Gasteiger partial charge in [0.15, 0.2) is 0 Å². The number of amides is 1. The summed E-state index contributed by atoms with van der Waals surface area (Å²) >= 11 is 1.63. The van der Waals surface area contributed by atoms with Gasteiger partial charge in [-0.15, -0.1) is 11.3 Å². The number of benzene rings is 1. The molecule has 0 bridgehead atoms. The summed E-state index contributed by atoms with van der Waals surface area (Å²) in [7, 11) is 0. The van der Waals surface area contributed by atoms with Crippen LogP contribution in [0.4, 0.5) is 0 Å². The predicted octanol–water partition coefficient (Wildman–Crippen LogP) is 2.69. The van der Waals surface area contributed by atoms with Gasteiger partial charge < -0.3 is 5.32 Å². The zero-order valence-corrected chi connectivity index (χ0v) is 10.7. The van der Waals surface area contributed by atoms with E-state index in [0.29, 0.717) is 12.1 Å². The highest BCUT2D eigenvalue weighted by Gasteiger charge is 2.08. The Morgan fingerprint density at radius 1 is 1.29 bits per heavy atom. The van der Waals surface area contributed by atoms with Crippen LogP contribution >= 0.6 is 11.3 Å². The molecule has 0 unspecified atom stereocenters. The molecule has 0 spiro atoms. The lowest BCUT2D eigenvalue weighted by molar-refractivity contribution is 0.0951. The van der Waals surface area contributed by atoms with Crippen molar-refractivity contribution >= 4 is 17.2 Å². The Morgan fingerprint density at radius 2 is 2.00 bits per heavy atom. The first-order chi connectivity index (χ1) is 8.16. The van der Waals surface area contributed by atoms with Crippen molar-refractivity contribution in [2.24, 2.45) is 0 Å². The second-order valence-corrected chi connectivity index (χ2v) is 5.08. The Bertz CT molecular complexity index is 519. The lowest BCUT2D eigenvalue weighted by Crippen LogP contribution is -2.22. The highest BCUT2D eigenvalue weighted by molar-refractivity contribution is 7.11. The first-order valence-corrected chi connectivity index (χ1v) is 6.24. The summed E-state index contributed by atoms with van der Waals surface area (Å²) in [6.07, 6.45) is 0. The van der Waals surface area contributed by atoms with Gasteiger partial charge in [0.05, 0.1) is 17.2 Å². The highest BCUT2D eigenvalue weighted by Crippen LogP contribution is 2.16. The third-order valence-corrected chi connectivity index (χ3v) is 3.52. The van der Waals surface area contributed by atoms with Crippen LogP contribution in [0.1, 0.15) is 25.9 Å². The molecule has 1 amide bonds. The van der Waals surface area contributed by atoms with Gasteiger partial charge >= 0.3 is 0 Å². The molecule has 0 fully saturated rings. The fraction of sp³-hybridized carbons (Fsp3) is 0.231. The molecule has 88 valence electrons. The Kier molecular flexibility index (Phi) is 3.54. The van der Waals surface area contributed by atoms with E-state index in [1.807, 2.05) is 32.0 Å². The molecule has 3 nitrogen and oxygen atoms in total. The lowest BCUT2D eigenvalue weighted by Gasteiger charge is -2.03. The molecule has 17 heavy (non-hydrogen) atoms. The largest absolute Gasteiger partial charge is 0.347 e. The number of nitrogens with one attached hydrogen (secondary N) is 1. The second kappa shape index (κ2) is 5.10. The molecule has 0 radical (unpaired) electrons. The van der Waals surface area contributed by atoms with Gasteiger partial charge in [0.1, 0.15) is 0 Å². The monoisotopic (exact) mass is 246 g/mol. The lowest BCUT2D eigenvalue weighted by atomic mass is 10.2. The van der Waals surface area contributed by atoms with Gasteiger partial charge in [0.2, 0.25) is 0 Å².